The van der Waals surface area contributed by atoms with Crippen LogP contribution in [0, 0.1) is 10.1 Å². The lowest BCUT2D eigenvalue weighted by atomic mass is 10.1. The normalized spacial score (nSPS) is 10.7. The van der Waals surface area contributed by atoms with Gasteiger partial charge in [0.15, 0.2) is 5.82 Å². The van der Waals surface area contributed by atoms with E-state index in [2.05, 4.69) is 15.3 Å². The van der Waals surface area contributed by atoms with Gasteiger partial charge >= 0.3 is 0 Å². The molecule has 0 aliphatic heterocycles. The Morgan fingerprint density at radius 2 is 1.70 bits per heavy atom. The summed E-state index contributed by atoms with van der Waals surface area (Å²) in [6.45, 7) is 0. The van der Waals surface area contributed by atoms with Gasteiger partial charge in [-0.1, -0.05) is 41.9 Å². The second kappa shape index (κ2) is 7.01. The molecule has 4 rings (SSSR count). The molecule has 0 aliphatic rings. The topological polar surface area (TPSA) is 81.0 Å². The van der Waals surface area contributed by atoms with E-state index in [0.717, 1.165) is 10.9 Å². The second-order valence-corrected chi connectivity index (χ2v) is 6.23. The van der Waals surface area contributed by atoms with E-state index in [4.69, 9.17) is 11.6 Å². The zero-order chi connectivity index (χ0) is 18.8. The highest BCUT2D eigenvalue weighted by molar-refractivity contribution is 6.33. The second-order valence-electron chi connectivity index (χ2n) is 5.83. The molecular weight excluding hydrogens is 364 g/mol. The van der Waals surface area contributed by atoms with E-state index >= 15 is 0 Å². The van der Waals surface area contributed by atoms with Crippen LogP contribution in [0.1, 0.15) is 0 Å². The SMILES string of the molecule is O=[N+]([O-])c1cccc(Nc2nc(-c3ccccc3Cl)nc3ccccc23)c1. The van der Waals surface area contributed by atoms with Crippen LogP contribution in [0.15, 0.2) is 72.8 Å². The van der Waals surface area contributed by atoms with E-state index in [1.54, 1.807) is 18.2 Å². The summed E-state index contributed by atoms with van der Waals surface area (Å²) in [5, 5.41) is 15.6. The van der Waals surface area contributed by atoms with Gasteiger partial charge in [-0.25, -0.2) is 9.97 Å². The van der Waals surface area contributed by atoms with Crippen LogP contribution in [0.3, 0.4) is 0 Å². The monoisotopic (exact) mass is 376 g/mol. The van der Waals surface area contributed by atoms with Crippen molar-refractivity contribution in [1.82, 2.24) is 9.97 Å². The van der Waals surface area contributed by atoms with Gasteiger partial charge in [0.25, 0.3) is 5.69 Å². The first-order valence-electron chi connectivity index (χ1n) is 8.15. The molecule has 0 fully saturated rings. The first kappa shape index (κ1) is 16.9. The zero-order valence-electron chi connectivity index (χ0n) is 14.0. The van der Waals surface area contributed by atoms with Gasteiger partial charge in [-0.3, -0.25) is 10.1 Å². The van der Waals surface area contributed by atoms with Crippen LogP contribution in [-0.4, -0.2) is 14.9 Å². The molecule has 6 nitrogen and oxygen atoms in total. The van der Waals surface area contributed by atoms with Gasteiger partial charge in [0.2, 0.25) is 0 Å². The van der Waals surface area contributed by atoms with Crippen LogP contribution in [-0.2, 0) is 0 Å². The van der Waals surface area contributed by atoms with Gasteiger partial charge < -0.3 is 5.32 Å². The van der Waals surface area contributed by atoms with Crippen LogP contribution in [0.2, 0.25) is 5.02 Å². The summed E-state index contributed by atoms with van der Waals surface area (Å²) < 4.78 is 0. The molecule has 0 saturated heterocycles. The summed E-state index contributed by atoms with van der Waals surface area (Å²) >= 11 is 6.30. The van der Waals surface area contributed by atoms with E-state index in [1.807, 2.05) is 42.5 Å². The number of halogens is 1. The van der Waals surface area contributed by atoms with Crippen LogP contribution < -0.4 is 5.32 Å². The smallest absolute Gasteiger partial charge is 0.271 e. The average molecular weight is 377 g/mol. The number of aromatic nitrogens is 2. The molecule has 0 unspecified atom stereocenters. The largest absolute Gasteiger partial charge is 0.339 e. The summed E-state index contributed by atoms with van der Waals surface area (Å²) in [5.74, 6) is 1.03. The maximum atomic E-state index is 11.0. The minimum Gasteiger partial charge on any atom is -0.339 e. The number of rotatable bonds is 4. The van der Waals surface area contributed by atoms with Crippen molar-refractivity contribution in [2.24, 2.45) is 0 Å². The maximum Gasteiger partial charge on any atom is 0.271 e. The lowest BCUT2D eigenvalue weighted by Gasteiger charge is -2.11. The third-order valence-electron chi connectivity index (χ3n) is 4.04. The van der Waals surface area contributed by atoms with Crippen LogP contribution >= 0.6 is 11.6 Å². The number of hydrogen-bond donors (Lipinski definition) is 1. The van der Waals surface area contributed by atoms with Gasteiger partial charge in [0.05, 0.1) is 15.5 Å². The number of anilines is 2. The molecule has 27 heavy (non-hydrogen) atoms. The highest BCUT2D eigenvalue weighted by Crippen LogP contribution is 2.31. The molecule has 4 aromatic rings. The molecule has 0 saturated carbocycles. The lowest BCUT2D eigenvalue weighted by molar-refractivity contribution is -0.384. The van der Waals surface area contributed by atoms with Gasteiger partial charge in [0, 0.05) is 28.8 Å². The van der Waals surface area contributed by atoms with Gasteiger partial charge in [0.1, 0.15) is 5.82 Å². The molecule has 0 amide bonds. The zero-order valence-corrected chi connectivity index (χ0v) is 14.7. The Hall–Kier alpha value is -3.51. The van der Waals surface area contributed by atoms with Crippen LogP contribution in [0.25, 0.3) is 22.3 Å². The Morgan fingerprint density at radius 3 is 2.52 bits per heavy atom. The van der Waals surface area contributed by atoms with E-state index in [0.29, 0.717) is 27.9 Å². The summed E-state index contributed by atoms with van der Waals surface area (Å²) in [6.07, 6.45) is 0. The van der Waals surface area contributed by atoms with Crippen molar-refractivity contribution in [3.63, 3.8) is 0 Å². The fourth-order valence-corrected chi connectivity index (χ4v) is 2.99. The molecule has 7 heteroatoms. The summed E-state index contributed by atoms with van der Waals surface area (Å²) in [7, 11) is 0. The van der Waals surface area contributed by atoms with Crippen molar-refractivity contribution in [3.05, 3.63) is 87.9 Å². The number of nitro benzene ring substituents is 1. The van der Waals surface area contributed by atoms with Crippen LogP contribution in [0.5, 0.6) is 0 Å². The fraction of sp³-hybridized carbons (Fsp3) is 0. The summed E-state index contributed by atoms with van der Waals surface area (Å²) in [5.41, 5.74) is 2.03. The molecular formula is C20H13ClN4O2. The van der Waals surface area contributed by atoms with Gasteiger partial charge in [-0.05, 0) is 30.3 Å². The predicted molar refractivity (Wildman–Crippen MR) is 106 cm³/mol. The Kier molecular flexibility index (Phi) is 4.40. The molecule has 3 aromatic carbocycles. The Labute approximate surface area is 159 Å². The molecule has 132 valence electrons. The maximum absolute atomic E-state index is 11.0. The molecule has 0 spiro atoms. The minimum absolute atomic E-state index is 0.00434. The number of non-ortho nitro benzene ring substituents is 1. The Balaban J connectivity index is 1.85. The van der Waals surface area contributed by atoms with Crippen molar-refractivity contribution in [3.8, 4) is 11.4 Å². The third-order valence-corrected chi connectivity index (χ3v) is 4.37. The van der Waals surface area contributed by atoms with Gasteiger partial charge in [-0.15, -0.1) is 0 Å². The molecule has 1 heterocycles. The number of nitro groups is 1. The quantitative estimate of drug-likeness (QED) is 0.370. The van der Waals surface area contributed by atoms with Crippen molar-refractivity contribution >= 4 is 39.7 Å². The predicted octanol–water partition coefficient (Wildman–Crippen LogP) is 5.60. The standard InChI is InChI=1S/C20H13ClN4O2/c21-17-10-3-1-8-15(17)19-23-18-11-4-2-9-16(18)20(24-19)22-13-6-5-7-14(12-13)25(26)27/h1-12H,(H,22,23,24). The lowest BCUT2D eigenvalue weighted by Crippen LogP contribution is -2.00. The number of benzene rings is 3. The minimum atomic E-state index is -0.432. The van der Waals surface area contributed by atoms with Crippen molar-refractivity contribution in [2.45, 2.75) is 0 Å². The Bertz CT molecular complexity index is 1160. The molecule has 0 bridgehead atoms. The number of hydrogen-bond acceptors (Lipinski definition) is 5. The third kappa shape index (κ3) is 3.43. The first-order valence-corrected chi connectivity index (χ1v) is 8.53. The fourth-order valence-electron chi connectivity index (χ4n) is 2.77. The first-order chi connectivity index (χ1) is 13.1. The number of para-hydroxylation sites is 1. The average Bonchev–Trinajstić information content (AvgIpc) is 2.68. The van der Waals surface area contributed by atoms with Crippen molar-refractivity contribution in [2.75, 3.05) is 5.32 Å². The number of fused-ring (bicyclic) bond motifs is 1. The summed E-state index contributed by atoms with van der Waals surface area (Å²) in [6, 6.07) is 21.2. The van der Waals surface area contributed by atoms with Crippen molar-refractivity contribution < 1.29 is 4.92 Å². The van der Waals surface area contributed by atoms with E-state index in [9.17, 15) is 10.1 Å². The van der Waals surface area contributed by atoms with Gasteiger partial charge in [-0.2, -0.15) is 0 Å². The molecule has 1 N–H and O–H groups in total. The molecule has 0 radical (unpaired) electrons. The molecule has 0 aliphatic carbocycles. The Morgan fingerprint density at radius 1 is 0.926 bits per heavy atom. The summed E-state index contributed by atoms with van der Waals surface area (Å²) in [4.78, 5) is 19.8. The molecule has 1 aromatic heterocycles. The number of nitrogens with one attached hydrogen (secondary N) is 1. The van der Waals surface area contributed by atoms with E-state index in [1.165, 1.54) is 12.1 Å². The van der Waals surface area contributed by atoms with Crippen molar-refractivity contribution in [1.29, 1.82) is 0 Å². The number of nitrogens with zero attached hydrogens (tertiary/aromatic N) is 3. The van der Waals surface area contributed by atoms with Crippen LogP contribution in [0.4, 0.5) is 17.2 Å². The molecule has 0 atom stereocenters. The van der Waals surface area contributed by atoms with E-state index < -0.39 is 4.92 Å². The van der Waals surface area contributed by atoms with E-state index in [-0.39, 0.29) is 5.69 Å². The highest BCUT2D eigenvalue weighted by Gasteiger charge is 2.13. The highest BCUT2D eigenvalue weighted by atomic mass is 35.5.